The highest BCUT2D eigenvalue weighted by Gasteiger charge is 2.64. The van der Waals surface area contributed by atoms with Crippen LogP contribution >= 0.6 is 0 Å². The third kappa shape index (κ3) is 0.177. The van der Waals surface area contributed by atoms with Gasteiger partial charge in [0.2, 0.25) is 0 Å². The predicted octanol–water partition coefficient (Wildman–Crippen LogP) is 0.463. The van der Waals surface area contributed by atoms with Crippen LogP contribution in [0, 0.1) is 5.92 Å². The van der Waals surface area contributed by atoms with Gasteiger partial charge in [-0.05, 0) is 18.8 Å². The third-order valence-electron chi connectivity index (χ3n) is 2.87. The van der Waals surface area contributed by atoms with Gasteiger partial charge in [-0.1, -0.05) is 0 Å². The van der Waals surface area contributed by atoms with Crippen LogP contribution in [0.4, 0.5) is 0 Å². The molecule has 4 atom stereocenters. The Morgan fingerprint density at radius 1 is 1.29 bits per heavy atom. The molecule has 4 unspecified atom stereocenters. The fourth-order valence-electron chi connectivity index (χ4n) is 2.42. The number of hydrogen-bond acceptors (Lipinski definition) is 1. The number of rotatable bonds is 0. The van der Waals surface area contributed by atoms with E-state index in [-0.39, 0.29) is 0 Å². The van der Waals surface area contributed by atoms with Gasteiger partial charge >= 0.3 is 0 Å². The van der Waals surface area contributed by atoms with E-state index in [9.17, 15) is 0 Å². The fourth-order valence-corrected chi connectivity index (χ4v) is 2.42. The molecule has 2 saturated heterocycles. The topological polar surface area (TPSA) is 3.01 Å². The van der Waals surface area contributed by atoms with E-state index in [1.165, 1.54) is 13.0 Å². The monoisotopic (exact) mass is 95.1 g/mol. The van der Waals surface area contributed by atoms with Crippen LogP contribution in [0.15, 0.2) is 0 Å². The molecule has 3 aliphatic rings. The molecule has 2 heterocycles. The van der Waals surface area contributed by atoms with E-state index in [0.717, 1.165) is 18.0 Å². The van der Waals surface area contributed by atoms with Gasteiger partial charge in [0.1, 0.15) is 0 Å². The minimum Gasteiger partial charge on any atom is -0.294 e. The normalized spacial score (nSPS) is 72.0. The number of piperidine rings is 2. The Balaban J connectivity index is 2.07. The second kappa shape index (κ2) is 0.655. The molecule has 0 N–H and O–H groups in total. The van der Waals surface area contributed by atoms with Gasteiger partial charge in [0.15, 0.2) is 0 Å². The summed E-state index contributed by atoms with van der Waals surface area (Å²) in [6.07, 6.45) is 3.07. The largest absolute Gasteiger partial charge is 0.294 e. The van der Waals surface area contributed by atoms with Crippen LogP contribution in [0.2, 0.25) is 0 Å². The van der Waals surface area contributed by atoms with E-state index < -0.39 is 0 Å². The summed E-state index contributed by atoms with van der Waals surface area (Å²) in [5.41, 5.74) is 0. The summed E-state index contributed by atoms with van der Waals surface area (Å²) in [4.78, 5) is 2.62. The molecule has 0 amide bonds. The van der Waals surface area contributed by atoms with Crippen LogP contribution in [0.25, 0.3) is 0 Å². The van der Waals surface area contributed by atoms with E-state index >= 15 is 0 Å². The standard InChI is InChI=1S/C6H9N/c1-2-5-6-4(1)3-7(5)6/h4-6H,1-3H2. The molecule has 3 fully saturated rings. The van der Waals surface area contributed by atoms with Gasteiger partial charge in [0.05, 0.1) is 0 Å². The van der Waals surface area contributed by atoms with E-state index in [4.69, 9.17) is 0 Å². The third-order valence-corrected chi connectivity index (χ3v) is 2.87. The highest BCUT2D eigenvalue weighted by Crippen LogP contribution is 2.55. The summed E-state index contributed by atoms with van der Waals surface area (Å²) >= 11 is 0. The summed E-state index contributed by atoms with van der Waals surface area (Å²) in [5.74, 6) is 1.16. The van der Waals surface area contributed by atoms with E-state index in [0.29, 0.717) is 0 Å². The van der Waals surface area contributed by atoms with Gasteiger partial charge < -0.3 is 0 Å². The highest BCUT2D eigenvalue weighted by molar-refractivity contribution is 5.19. The van der Waals surface area contributed by atoms with Crippen molar-refractivity contribution in [2.75, 3.05) is 6.54 Å². The lowest BCUT2D eigenvalue weighted by molar-refractivity contribution is 0.213. The molecule has 7 heavy (non-hydrogen) atoms. The van der Waals surface area contributed by atoms with Gasteiger partial charge in [-0.3, -0.25) is 4.90 Å². The maximum atomic E-state index is 2.62. The van der Waals surface area contributed by atoms with Gasteiger partial charge in [-0.2, -0.15) is 0 Å². The lowest BCUT2D eigenvalue weighted by atomic mass is 10.0. The van der Waals surface area contributed by atoms with E-state index in [2.05, 4.69) is 4.90 Å². The molecule has 0 bridgehead atoms. The van der Waals surface area contributed by atoms with Crippen LogP contribution in [0.1, 0.15) is 12.8 Å². The number of fused-ring (bicyclic) bond motifs is 1. The van der Waals surface area contributed by atoms with Crippen molar-refractivity contribution in [2.45, 2.75) is 24.9 Å². The minimum absolute atomic E-state index is 1.09. The van der Waals surface area contributed by atoms with E-state index in [1.54, 1.807) is 6.42 Å². The Bertz CT molecular complexity index is 108. The molecule has 0 radical (unpaired) electrons. The van der Waals surface area contributed by atoms with Crippen molar-refractivity contribution in [1.29, 1.82) is 0 Å². The van der Waals surface area contributed by atoms with Crippen LogP contribution < -0.4 is 0 Å². The number of hydrogen-bond donors (Lipinski definition) is 0. The number of nitrogens with zero attached hydrogens (tertiary/aromatic N) is 1. The van der Waals surface area contributed by atoms with Crippen molar-refractivity contribution in [3.8, 4) is 0 Å². The van der Waals surface area contributed by atoms with Gasteiger partial charge in [0, 0.05) is 18.6 Å². The fraction of sp³-hybridized carbons (Fsp3) is 1.00. The Morgan fingerprint density at radius 2 is 2.29 bits per heavy atom. The second-order valence-corrected chi connectivity index (χ2v) is 3.09. The first kappa shape index (κ1) is 3.08. The van der Waals surface area contributed by atoms with Crippen LogP contribution in [0.3, 0.4) is 0 Å². The van der Waals surface area contributed by atoms with Crippen LogP contribution in [0.5, 0.6) is 0 Å². The second-order valence-electron chi connectivity index (χ2n) is 3.09. The Hall–Kier alpha value is -0.0400. The average Bonchev–Trinajstić information content (AvgIpc) is 2.02. The quantitative estimate of drug-likeness (QED) is 0.395. The highest BCUT2D eigenvalue weighted by atomic mass is 15.4. The summed E-state index contributed by atoms with van der Waals surface area (Å²) in [6, 6.07) is 2.20. The van der Waals surface area contributed by atoms with Crippen molar-refractivity contribution in [3.63, 3.8) is 0 Å². The molecule has 0 aromatic rings. The molecule has 0 spiro atoms. The summed E-state index contributed by atoms with van der Waals surface area (Å²) in [7, 11) is 0. The zero-order valence-corrected chi connectivity index (χ0v) is 4.30. The molecule has 0 aromatic carbocycles. The van der Waals surface area contributed by atoms with Crippen LogP contribution in [-0.2, 0) is 0 Å². The molecule has 3 rings (SSSR count). The summed E-state index contributed by atoms with van der Waals surface area (Å²) in [5, 5.41) is 0. The molecule has 1 aliphatic carbocycles. The van der Waals surface area contributed by atoms with Gasteiger partial charge in [-0.25, -0.2) is 0 Å². The SMILES string of the molecule is C1CC2C3C1CN23. The summed E-state index contributed by atoms with van der Waals surface area (Å²) < 4.78 is 0. The lowest BCUT2D eigenvalue weighted by Crippen LogP contribution is -2.32. The van der Waals surface area contributed by atoms with Crippen molar-refractivity contribution < 1.29 is 0 Å². The Morgan fingerprint density at radius 3 is 2.43 bits per heavy atom. The lowest BCUT2D eigenvalue weighted by Gasteiger charge is -2.25. The van der Waals surface area contributed by atoms with Crippen molar-refractivity contribution >= 4 is 0 Å². The zero-order valence-electron chi connectivity index (χ0n) is 4.30. The maximum Gasteiger partial charge on any atom is 0.0295 e. The Labute approximate surface area is 43.3 Å². The van der Waals surface area contributed by atoms with Crippen molar-refractivity contribution in [1.82, 2.24) is 4.90 Å². The maximum absolute atomic E-state index is 2.62. The Kier molecular flexibility index (Phi) is 0.288. The van der Waals surface area contributed by atoms with Crippen molar-refractivity contribution in [3.05, 3.63) is 0 Å². The van der Waals surface area contributed by atoms with E-state index in [1.807, 2.05) is 0 Å². The molecular formula is C6H9N. The van der Waals surface area contributed by atoms with Gasteiger partial charge in [0.25, 0.3) is 0 Å². The molecule has 0 aromatic heterocycles. The molecule has 1 heteroatoms. The smallest absolute Gasteiger partial charge is 0.0295 e. The van der Waals surface area contributed by atoms with Crippen LogP contribution in [-0.4, -0.2) is 23.5 Å². The average molecular weight is 95.1 g/mol. The predicted molar refractivity (Wildman–Crippen MR) is 27.0 cm³/mol. The molecule has 1 nitrogen and oxygen atoms in total. The summed E-state index contributed by atoms with van der Waals surface area (Å²) in [6.45, 7) is 1.45. The van der Waals surface area contributed by atoms with Gasteiger partial charge in [-0.15, -0.1) is 0 Å². The molecular weight excluding hydrogens is 86.1 g/mol. The molecule has 1 saturated carbocycles. The zero-order chi connectivity index (χ0) is 4.43. The minimum atomic E-state index is 1.09. The molecule has 38 valence electrons. The first-order valence-electron chi connectivity index (χ1n) is 3.22. The van der Waals surface area contributed by atoms with Crippen molar-refractivity contribution in [2.24, 2.45) is 5.92 Å². The first-order valence-corrected chi connectivity index (χ1v) is 3.22. The first-order chi connectivity index (χ1) is 3.47. The molecule has 2 aliphatic heterocycles.